The maximum Gasteiger partial charge on any atom is 0.296 e. The van der Waals surface area contributed by atoms with E-state index < -0.39 is 9.05 Å². The van der Waals surface area contributed by atoms with Gasteiger partial charge in [0.2, 0.25) is 0 Å². The molecule has 2 rings (SSSR count). The summed E-state index contributed by atoms with van der Waals surface area (Å²) in [7, 11) is 1.40. The number of nitrogens with zero attached hydrogens (tertiary/aromatic N) is 3. The minimum atomic E-state index is -4.00. The molecule has 0 unspecified atom stereocenters. The van der Waals surface area contributed by atoms with Crippen LogP contribution in [0.25, 0.3) is 11.4 Å². The molecule has 1 aromatic carbocycles. The van der Waals surface area contributed by atoms with Crippen molar-refractivity contribution in [1.82, 2.24) is 14.8 Å². The second-order valence-electron chi connectivity index (χ2n) is 5.21. The molecule has 0 aliphatic carbocycles. The first-order chi connectivity index (χ1) is 9.70. The summed E-state index contributed by atoms with van der Waals surface area (Å²) in [4.78, 5) is 0. The van der Waals surface area contributed by atoms with Crippen LogP contribution in [0.5, 0.6) is 0 Å². The summed E-state index contributed by atoms with van der Waals surface area (Å²) < 4.78 is 38.0. The highest BCUT2D eigenvalue weighted by Crippen LogP contribution is 2.25. The van der Waals surface area contributed by atoms with Crippen molar-refractivity contribution in [3.63, 3.8) is 0 Å². The Balaban J connectivity index is 2.63. The third-order valence-corrected chi connectivity index (χ3v) is 4.05. The van der Waals surface area contributed by atoms with Gasteiger partial charge in [-0.2, -0.15) is 0 Å². The Bertz CT molecular complexity index is 772. The largest absolute Gasteiger partial charge is 0.297 e. The average molecular weight is 332 g/mol. The first-order valence-corrected chi connectivity index (χ1v) is 8.65. The molecule has 1 aromatic heterocycles. The van der Waals surface area contributed by atoms with Gasteiger partial charge in [0, 0.05) is 22.8 Å². The maximum atomic E-state index is 13.4. The molecule has 0 radical (unpaired) electrons. The third kappa shape index (κ3) is 3.41. The van der Waals surface area contributed by atoms with Crippen molar-refractivity contribution in [2.24, 2.45) is 5.92 Å². The Hall–Kier alpha value is -1.47. The summed E-state index contributed by atoms with van der Waals surface area (Å²) >= 11 is 0. The van der Waals surface area contributed by atoms with Crippen molar-refractivity contribution in [3.05, 3.63) is 29.6 Å². The molecule has 5 nitrogen and oxygen atoms in total. The van der Waals surface area contributed by atoms with Crippen molar-refractivity contribution < 1.29 is 12.8 Å². The lowest BCUT2D eigenvalue weighted by atomic mass is 10.1. The third-order valence-electron chi connectivity index (χ3n) is 2.90. The molecule has 0 spiro atoms. The summed E-state index contributed by atoms with van der Waals surface area (Å²) in [6, 6.07) is 4.45. The quantitative estimate of drug-likeness (QED) is 0.808. The van der Waals surface area contributed by atoms with Gasteiger partial charge in [0.1, 0.15) is 5.82 Å². The summed E-state index contributed by atoms with van der Waals surface area (Å²) in [5.74, 6) is 0.184. The van der Waals surface area contributed by atoms with Gasteiger partial charge in [0.15, 0.2) is 5.82 Å². The molecule has 2 aromatic rings. The summed E-state index contributed by atoms with van der Waals surface area (Å²) in [5.41, 5.74) is 1.04. The standard InChI is InChI=1S/C13H15ClFN3O2S/c1-8(2)7-18-12(16-17-13(18)21(14,19)20)10-4-5-11(15)9(3)6-10/h4-6,8H,7H2,1-3H3. The zero-order valence-electron chi connectivity index (χ0n) is 11.8. The number of halogens is 2. The number of hydrogen-bond acceptors (Lipinski definition) is 4. The van der Waals surface area contributed by atoms with E-state index in [0.29, 0.717) is 23.5 Å². The van der Waals surface area contributed by atoms with Crippen LogP contribution in [-0.2, 0) is 15.6 Å². The van der Waals surface area contributed by atoms with Gasteiger partial charge in [-0.15, -0.1) is 10.2 Å². The Kier molecular flexibility index (Phi) is 4.34. The van der Waals surface area contributed by atoms with Crippen LogP contribution in [0.2, 0.25) is 0 Å². The van der Waals surface area contributed by atoms with Gasteiger partial charge < -0.3 is 0 Å². The van der Waals surface area contributed by atoms with E-state index in [9.17, 15) is 12.8 Å². The van der Waals surface area contributed by atoms with Crippen molar-refractivity contribution in [1.29, 1.82) is 0 Å². The fourth-order valence-corrected chi connectivity index (χ4v) is 2.90. The number of aromatic nitrogens is 3. The molecule has 0 fully saturated rings. The van der Waals surface area contributed by atoms with E-state index in [1.165, 1.54) is 16.7 Å². The van der Waals surface area contributed by atoms with Crippen molar-refractivity contribution in [2.45, 2.75) is 32.5 Å². The Morgan fingerprint density at radius 1 is 1.33 bits per heavy atom. The predicted molar refractivity (Wildman–Crippen MR) is 78.0 cm³/mol. The minimum absolute atomic E-state index is 0.165. The molecular formula is C13H15ClFN3O2S. The summed E-state index contributed by atoms with van der Waals surface area (Å²) in [5, 5.41) is 7.28. The molecule has 0 bridgehead atoms. The lowest BCUT2D eigenvalue weighted by molar-refractivity contribution is 0.488. The van der Waals surface area contributed by atoms with Crippen molar-refractivity contribution in [2.75, 3.05) is 0 Å². The lowest BCUT2D eigenvalue weighted by Crippen LogP contribution is -2.12. The second kappa shape index (κ2) is 5.73. The van der Waals surface area contributed by atoms with E-state index >= 15 is 0 Å². The van der Waals surface area contributed by atoms with Gasteiger partial charge in [-0.05, 0) is 36.6 Å². The van der Waals surface area contributed by atoms with Crippen LogP contribution in [0.4, 0.5) is 4.39 Å². The molecular weight excluding hydrogens is 317 g/mol. The smallest absolute Gasteiger partial charge is 0.296 e. The fraction of sp³-hybridized carbons (Fsp3) is 0.385. The first kappa shape index (κ1) is 15.9. The normalized spacial score (nSPS) is 12.1. The van der Waals surface area contributed by atoms with Gasteiger partial charge in [-0.25, -0.2) is 12.8 Å². The monoisotopic (exact) mass is 331 g/mol. The predicted octanol–water partition coefficient (Wildman–Crippen LogP) is 2.98. The molecule has 0 saturated heterocycles. The SMILES string of the molecule is Cc1cc(-c2nnc(S(=O)(=O)Cl)n2CC(C)C)ccc1F. The first-order valence-electron chi connectivity index (χ1n) is 6.34. The van der Waals surface area contributed by atoms with Crippen LogP contribution in [0.1, 0.15) is 19.4 Å². The molecule has 1 heterocycles. The Labute approximate surface area is 127 Å². The van der Waals surface area contributed by atoms with Gasteiger partial charge >= 0.3 is 0 Å². The summed E-state index contributed by atoms with van der Waals surface area (Å²) in [6.45, 7) is 5.88. The van der Waals surface area contributed by atoms with Crippen LogP contribution < -0.4 is 0 Å². The molecule has 21 heavy (non-hydrogen) atoms. The molecule has 0 aliphatic rings. The van der Waals surface area contributed by atoms with Crippen LogP contribution in [0.3, 0.4) is 0 Å². The molecule has 114 valence electrons. The van der Waals surface area contributed by atoms with E-state index in [2.05, 4.69) is 10.2 Å². The zero-order chi connectivity index (χ0) is 15.8. The molecule has 0 atom stereocenters. The van der Waals surface area contributed by atoms with Crippen molar-refractivity contribution >= 4 is 19.7 Å². The van der Waals surface area contributed by atoms with Gasteiger partial charge in [-0.1, -0.05) is 13.8 Å². The van der Waals surface area contributed by atoms with Gasteiger partial charge in [0.25, 0.3) is 14.2 Å². The van der Waals surface area contributed by atoms with Crippen molar-refractivity contribution in [3.8, 4) is 11.4 Å². The number of hydrogen-bond donors (Lipinski definition) is 0. The maximum absolute atomic E-state index is 13.4. The Morgan fingerprint density at radius 2 is 2.00 bits per heavy atom. The zero-order valence-corrected chi connectivity index (χ0v) is 13.4. The molecule has 0 saturated carbocycles. The van der Waals surface area contributed by atoms with Crippen LogP contribution >= 0.6 is 10.7 Å². The van der Waals surface area contributed by atoms with Crippen LogP contribution in [0, 0.1) is 18.7 Å². The second-order valence-corrected chi connectivity index (χ2v) is 7.67. The molecule has 0 amide bonds. The van der Waals surface area contributed by atoms with Gasteiger partial charge in [-0.3, -0.25) is 4.57 Å². The van der Waals surface area contributed by atoms with Crippen LogP contribution in [-0.4, -0.2) is 23.2 Å². The van der Waals surface area contributed by atoms with E-state index in [1.54, 1.807) is 13.0 Å². The molecule has 0 aliphatic heterocycles. The average Bonchev–Trinajstić information content (AvgIpc) is 2.75. The fourth-order valence-electron chi connectivity index (χ4n) is 2.00. The van der Waals surface area contributed by atoms with E-state index in [0.717, 1.165) is 0 Å². The minimum Gasteiger partial charge on any atom is -0.297 e. The Morgan fingerprint density at radius 3 is 2.52 bits per heavy atom. The highest BCUT2D eigenvalue weighted by molar-refractivity contribution is 8.13. The van der Waals surface area contributed by atoms with Crippen LogP contribution in [0.15, 0.2) is 23.4 Å². The van der Waals surface area contributed by atoms with E-state index in [-0.39, 0.29) is 16.9 Å². The molecule has 8 heteroatoms. The lowest BCUT2D eigenvalue weighted by Gasteiger charge is -2.11. The number of aryl methyl sites for hydroxylation is 1. The number of rotatable bonds is 4. The van der Waals surface area contributed by atoms with E-state index in [4.69, 9.17) is 10.7 Å². The van der Waals surface area contributed by atoms with E-state index in [1.807, 2.05) is 13.8 Å². The summed E-state index contributed by atoms with van der Waals surface area (Å²) in [6.07, 6.45) is 0. The molecule has 0 N–H and O–H groups in total. The highest BCUT2D eigenvalue weighted by atomic mass is 35.7. The van der Waals surface area contributed by atoms with Gasteiger partial charge in [0.05, 0.1) is 0 Å². The highest BCUT2D eigenvalue weighted by Gasteiger charge is 2.24. The topological polar surface area (TPSA) is 64.8 Å². The number of benzene rings is 1.